The van der Waals surface area contributed by atoms with Crippen LogP contribution in [0.25, 0.3) is 0 Å². The van der Waals surface area contributed by atoms with Crippen LogP contribution < -0.4 is 5.32 Å². The van der Waals surface area contributed by atoms with Crippen molar-refractivity contribution in [3.05, 3.63) is 50.6 Å². The average Bonchev–Trinajstić information content (AvgIpc) is 3.14. The maximum Gasteiger partial charge on any atom is 0.238 e. The number of hydrogen-bond acceptors (Lipinski definition) is 3. The quantitative estimate of drug-likeness (QED) is 0.852. The summed E-state index contributed by atoms with van der Waals surface area (Å²) in [7, 11) is 0. The summed E-state index contributed by atoms with van der Waals surface area (Å²) in [6, 6.07) is 9.77. The summed E-state index contributed by atoms with van der Waals surface area (Å²) in [6.07, 6.45) is 2.22. The summed E-state index contributed by atoms with van der Waals surface area (Å²) in [6.45, 7) is 1.31. The van der Waals surface area contributed by atoms with E-state index in [1.807, 2.05) is 0 Å². The summed E-state index contributed by atoms with van der Waals surface area (Å²) >= 11 is 13.8. The third-order valence-corrected chi connectivity index (χ3v) is 5.60. The van der Waals surface area contributed by atoms with Crippen LogP contribution in [0.2, 0.25) is 10.0 Å². The van der Waals surface area contributed by atoms with Crippen LogP contribution in [0.3, 0.4) is 0 Å². The molecule has 1 fully saturated rings. The van der Waals surface area contributed by atoms with Crippen LogP contribution in [-0.2, 0) is 4.79 Å². The molecule has 2 heterocycles. The van der Waals surface area contributed by atoms with Crippen LogP contribution in [-0.4, -0.2) is 23.9 Å². The second-order valence-corrected chi connectivity index (χ2v) is 7.06. The molecule has 1 aromatic carbocycles. The molecule has 0 saturated carbocycles. The number of rotatable bonds is 4. The Hall–Kier alpha value is -1.07. The Labute approximate surface area is 143 Å². The Morgan fingerprint density at radius 1 is 1.32 bits per heavy atom. The molecule has 1 aliphatic rings. The average molecular weight is 355 g/mol. The smallest absolute Gasteiger partial charge is 0.238 e. The van der Waals surface area contributed by atoms with E-state index in [1.165, 1.54) is 4.88 Å². The SMILES string of the molecule is O=C(CN1CCC[C@H]1c1cccs1)Nc1cccc(Cl)c1Cl. The molecule has 0 aliphatic carbocycles. The van der Waals surface area contributed by atoms with Crippen LogP contribution in [0.4, 0.5) is 5.69 Å². The maximum atomic E-state index is 12.3. The minimum atomic E-state index is -0.0624. The molecule has 1 aromatic heterocycles. The molecule has 0 radical (unpaired) electrons. The Balaban J connectivity index is 1.65. The van der Waals surface area contributed by atoms with E-state index >= 15 is 0 Å². The zero-order valence-electron chi connectivity index (χ0n) is 11.9. The van der Waals surface area contributed by atoms with Gasteiger partial charge >= 0.3 is 0 Å². The van der Waals surface area contributed by atoms with Gasteiger partial charge in [-0.1, -0.05) is 35.3 Å². The summed E-state index contributed by atoms with van der Waals surface area (Å²) in [5.74, 6) is -0.0624. The lowest BCUT2D eigenvalue weighted by molar-refractivity contribution is -0.117. The van der Waals surface area contributed by atoms with Crippen molar-refractivity contribution in [1.82, 2.24) is 4.90 Å². The van der Waals surface area contributed by atoms with Crippen LogP contribution in [0.1, 0.15) is 23.8 Å². The van der Waals surface area contributed by atoms with Gasteiger partial charge in [-0.05, 0) is 43.0 Å². The third-order valence-electron chi connectivity index (χ3n) is 3.81. The lowest BCUT2D eigenvalue weighted by Gasteiger charge is -2.23. The number of nitrogens with one attached hydrogen (secondary N) is 1. The molecule has 1 amide bonds. The Morgan fingerprint density at radius 3 is 2.95 bits per heavy atom. The van der Waals surface area contributed by atoms with Crippen molar-refractivity contribution in [3.8, 4) is 0 Å². The highest BCUT2D eigenvalue weighted by molar-refractivity contribution is 7.10. The zero-order valence-corrected chi connectivity index (χ0v) is 14.2. The van der Waals surface area contributed by atoms with Crippen LogP contribution in [0.15, 0.2) is 35.7 Å². The van der Waals surface area contributed by atoms with E-state index < -0.39 is 0 Å². The van der Waals surface area contributed by atoms with Crippen molar-refractivity contribution in [1.29, 1.82) is 0 Å². The van der Waals surface area contributed by atoms with Gasteiger partial charge in [-0.15, -0.1) is 11.3 Å². The van der Waals surface area contributed by atoms with Crippen LogP contribution >= 0.6 is 34.5 Å². The minimum absolute atomic E-state index is 0.0624. The fraction of sp³-hybridized carbons (Fsp3) is 0.312. The first kappa shape index (κ1) is 15.8. The number of amides is 1. The molecule has 3 rings (SSSR count). The molecule has 6 heteroatoms. The maximum absolute atomic E-state index is 12.3. The lowest BCUT2D eigenvalue weighted by atomic mass is 10.2. The van der Waals surface area contributed by atoms with Gasteiger partial charge in [0.25, 0.3) is 0 Å². The second kappa shape index (κ2) is 7.01. The number of likely N-dealkylation sites (tertiary alicyclic amines) is 1. The van der Waals surface area contributed by atoms with Gasteiger partial charge in [0.05, 0.1) is 22.3 Å². The molecule has 1 saturated heterocycles. The molecule has 0 unspecified atom stereocenters. The standard InChI is InChI=1S/C16H16Cl2N2OS/c17-11-4-1-5-12(16(11)18)19-15(21)10-20-8-2-6-13(20)14-7-3-9-22-14/h1,3-5,7,9,13H,2,6,8,10H2,(H,19,21)/t13-/m0/s1. The molecule has 22 heavy (non-hydrogen) atoms. The molecule has 0 spiro atoms. The highest BCUT2D eigenvalue weighted by Gasteiger charge is 2.28. The predicted molar refractivity (Wildman–Crippen MR) is 93.0 cm³/mol. The van der Waals surface area contributed by atoms with Crippen molar-refractivity contribution in [2.45, 2.75) is 18.9 Å². The van der Waals surface area contributed by atoms with Crippen LogP contribution in [0.5, 0.6) is 0 Å². The fourth-order valence-electron chi connectivity index (χ4n) is 2.79. The largest absolute Gasteiger partial charge is 0.324 e. The predicted octanol–water partition coefficient (Wildman–Crippen LogP) is 4.83. The van der Waals surface area contributed by atoms with E-state index in [0.717, 1.165) is 19.4 Å². The molecule has 1 atom stereocenters. The molecule has 2 aromatic rings. The summed E-state index contributed by atoms with van der Waals surface area (Å²) < 4.78 is 0. The number of halogens is 2. The van der Waals surface area contributed by atoms with Crippen molar-refractivity contribution in [2.24, 2.45) is 0 Å². The monoisotopic (exact) mass is 354 g/mol. The second-order valence-electron chi connectivity index (χ2n) is 5.29. The molecular formula is C16H16Cl2N2OS. The number of anilines is 1. The highest BCUT2D eigenvalue weighted by Crippen LogP contribution is 2.34. The number of carbonyl (C=O) groups is 1. The topological polar surface area (TPSA) is 32.3 Å². The fourth-order valence-corrected chi connectivity index (χ4v) is 4.04. The van der Waals surface area contributed by atoms with E-state index in [2.05, 4.69) is 27.7 Å². The highest BCUT2D eigenvalue weighted by atomic mass is 35.5. The molecule has 116 valence electrons. The Morgan fingerprint density at radius 2 is 2.18 bits per heavy atom. The van der Waals surface area contributed by atoms with E-state index in [1.54, 1.807) is 29.5 Å². The van der Waals surface area contributed by atoms with Gasteiger partial charge < -0.3 is 5.32 Å². The minimum Gasteiger partial charge on any atom is -0.324 e. The van der Waals surface area contributed by atoms with Gasteiger partial charge in [-0.2, -0.15) is 0 Å². The molecule has 1 N–H and O–H groups in total. The molecule has 3 nitrogen and oxygen atoms in total. The summed E-state index contributed by atoms with van der Waals surface area (Å²) in [5.41, 5.74) is 0.561. The van der Waals surface area contributed by atoms with Crippen molar-refractivity contribution < 1.29 is 4.79 Å². The van der Waals surface area contributed by atoms with E-state index in [0.29, 0.717) is 28.3 Å². The summed E-state index contributed by atoms with van der Waals surface area (Å²) in [4.78, 5) is 15.8. The number of carbonyl (C=O) groups excluding carboxylic acids is 1. The number of nitrogens with zero attached hydrogens (tertiary/aromatic N) is 1. The Bertz CT molecular complexity index is 660. The van der Waals surface area contributed by atoms with E-state index in [9.17, 15) is 4.79 Å². The first-order valence-electron chi connectivity index (χ1n) is 7.16. The van der Waals surface area contributed by atoms with Gasteiger partial charge in [0.1, 0.15) is 0 Å². The molecule has 1 aliphatic heterocycles. The lowest BCUT2D eigenvalue weighted by Crippen LogP contribution is -2.32. The van der Waals surface area contributed by atoms with E-state index in [-0.39, 0.29) is 5.91 Å². The van der Waals surface area contributed by atoms with Crippen molar-refractivity contribution in [3.63, 3.8) is 0 Å². The van der Waals surface area contributed by atoms with Gasteiger partial charge in [0, 0.05) is 10.9 Å². The number of benzene rings is 1. The van der Waals surface area contributed by atoms with Gasteiger partial charge in [-0.25, -0.2) is 0 Å². The zero-order chi connectivity index (χ0) is 15.5. The molecule has 0 bridgehead atoms. The third kappa shape index (κ3) is 3.46. The normalized spacial score (nSPS) is 18.5. The Kier molecular flexibility index (Phi) is 5.03. The van der Waals surface area contributed by atoms with Gasteiger partial charge in [-0.3, -0.25) is 9.69 Å². The number of hydrogen-bond donors (Lipinski definition) is 1. The summed E-state index contributed by atoms with van der Waals surface area (Å²) in [5, 5.41) is 5.76. The van der Waals surface area contributed by atoms with Gasteiger partial charge in [0.2, 0.25) is 5.91 Å². The first-order chi connectivity index (χ1) is 10.6. The molecular weight excluding hydrogens is 339 g/mol. The van der Waals surface area contributed by atoms with Gasteiger partial charge in [0.15, 0.2) is 0 Å². The van der Waals surface area contributed by atoms with Crippen LogP contribution in [0, 0.1) is 0 Å². The van der Waals surface area contributed by atoms with Crippen molar-refractivity contribution >= 4 is 46.1 Å². The van der Waals surface area contributed by atoms with Crippen molar-refractivity contribution in [2.75, 3.05) is 18.4 Å². The van der Waals surface area contributed by atoms with E-state index in [4.69, 9.17) is 23.2 Å². The first-order valence-corrected chi connectivity index (χ1v) is 8.80. The number of thiophene rings is 1.